The Morgan fingerprint density at radius 2 is 1.70 bits per heavy atom. The van der Waals surface area contributed by atoms with Gasteiger partial charge in [0.1, 0.15) is 4.21 Å². The lowest BCUT2D eigenvalue weighted by Crippen LogP contribution is -2.28. The van der Waals surface area contributed by atoms with Gasteiger partial charge in [-0.25, -0.2) is 8.42 Å². The maximum atomic E-state index is 12.8. The van der Waals surface area contributed by atoms with Gasteiger partial charge in [-0.05, 0) is 61.2 Å². The summed E-state index contributed by atoms with van der Waals surface area (Å²) in [7, 11) is -1.36. The minimum absolute atomic E-state index is 0.104. The van der Waals surface area contributed by atoms with Gasteiger partial charge in [-0.2, -0.15) is 4.31 Å². The van der Waals surface area contributed by atoms with Crippen LogP contribution in [0.3, 0.4) is 0 Å². The van der Waals surface area contributed by atoms with E-state index in [1.54, 1.807) is 22.5 Å². The van der Waals surface area contributed by atoms with Gasteiger partial charge >= 0.3 is 0 Å². The SMILES string of the molecule is CN(CCCNC(=O)c1ccc(-c2ccc(S(=O)(=O)N3CCCC3)s2)cc1)c1ccccc1. The number of amides is 1. The molecule has 2 heterocycles. The fraction of sp³-hybridized carbons (Fsp3) is 0.320. The number of carbonyl (C=O) groups is 1. The smallest absolute Gasteiger partial charge is 0.252 e. The first-order valence-corrected chi connectivity index (χ1v) is 13.5. The number of carbonyl (C=O) groups excluding carboxylic acids is 1. The molecule has 1 aliphatic rings. The van der Waals surface area contributed by atoms with Gasteiger partial charge in [0.15, 0.2) is 0 Å². The lowest BCUT2D eigenvalue weighted by atomic mass is 10.1. The lowest BCUT2D eigenvalue weighted by Gasteiger charge is -2.19. The highest BCUT2D eigenvalue weighted by Crippen LogP contribution is 2.33. The predicted molar refractivity (Wildman–Crippen MR) is 134 cm³/mol. The van der Waals surface area contributed by atoms with E-state index in [2.05, 4.69) is 22.3 Å². The van der Waals surface area contributed by atoms with Crippen LogP contribution < -0.4 is 10.2 Å². The predicted octanol–water partition coefficient (Wildman–Crippen LogP) is 4.46. The van der Waals surface area contributed by atoms with E-state index in [4.69, 9.17) is 0 Å². The van der Waals surface area contributed by atoms with Crippen LogP contribution in [0.25, 0.3) is 10.4 Å². The molecule has 0 saturated carbocycles. The fourth-order valence-electron chi connectivity index (χ4n) is 3.89. The summed E-state index contributed by atoms with van der Waals surface area (Å²) in [6.45, 7) is 2.65. The first-order valence-electron chi connectivity index (χ1n) is 11.2. The van der Waals surface area contributed by atoms with E-state index in [1.807, 2.05) is 43.4 Å². The minimum Gasteiger partial charge on any atom is -0.375 e. The first kappa shape index (κ1) is 23.5. The van der Waals surface area contributed by atoms with E-state index in [0.29, 0.717) is 29.4 Å². The molecule has 174 valence electrons. The molecule has 0 aliphatic carbocycles. The van der Waals surface area contributed by atoms with Gasteiger partial charge in [0, 0.05) is 49.4 Å². The van der Waals surface area contributed by atoms with Gasteiger partial charge in [0.2, 0.25) is 0 Å². The van der Waals surface area contributed by atoms with Crippen molar-refractivity contribution >= 4 is 33.0 Å². The minimum atomic E-state index is -3.40. The summed E-state index contributed by atoms with van der Waals surface area (Å²) in [6, 6.07) is 21.0. The Morgan fingerprint density at radius 1 is 1.00 bits per heavy atom. The summed E-state index contributed by atoms with van der Waals surface area (Å²) in [5.74, 6) is -0.104. The topological polar surface area (TPSA) is 69.7 Å². The summed E-state index contributed by atoms with van der Waals surface area (Å²) in [5.41, 5.74) is 2.66. The average molecular weight is 484 g/mol. The molecular weight excluding hydrogens is 454 g/mol. The molecule has 1 saturated heterocycles. The molecule has 6 nitrogen and oxygen atoms in total. The molecule has 0 radical (unpaired) electrons. The summed E-state index contributed by atoms with van der Waals surface area (Å²) in [6.07, 6.45) is 2.69. The number of nitrogens with zero attached hydrogens (tertiary/aromatic N) is 2. The maximum absolute atomic E-state index is 12.8. The van der Waals surface area contributed by atoms with Crippen molar-refractivity contribution in [3.63, 3.8) is 0 Å². The Morgan fingerprint density at radius 3 is 2.39 bits per heavy atom. The fourth-order valence-corrected chi connectivity index (χ4v) is 6.87. The third kappa shape index (κ3) is 5.63. The molecule has 1 fully saturated rings. The summed E-state index contributed by atoms with van der Waals surface area (Å²) in [4.78, 5) is 15.5. The van der Waals surface area contributed by atoms with E-state index in [9.17, 15) is 13.2 Å². The highest BCUT2D eigenvalue weighted by molar-refractivity contribution is 7.91. The summed E-state index contributed by atoms with van der Waals surface area (Å²) < 4.78 is 27.4. The van der Waals surface area contributed by atoms with Crippen LogP contribution in [0.1, 0.15) is 29.6 Å². The molecule has 1 N–H and O–H groups in total. The third-order valence-corrected chi connectivity index (χ3v) is 9.33. The Bertz CT molecular complexity index is 1170. The second-order valence-corrected chi connectivity index (χ2v) is 11.4. The van der Waals surface area contributed by atoms with Crippen LogP contribution in [0.2, 0.25) is 0 Å². The lowest BCUT2D eigenvalue weighted by molar-refractivity contribution is 0.0953. The molecule has 4 rings (SSSR count). The highest BCUT2D eigenvalue weighted by atomic mass is 32.2. The van der Waals surface area contributed by atoms with E-state index in [0.717, 1.165) is 41.9 Å². The highest BCUT2D eigenvalue weighted by Gasteiger charge is 2.28. The largest absolute Gasteiger partial charge is 0.375 e. The molecule has 1 aliphatic heterocycles. The molecule has 0 bridgehead atoms. The van der Waals surface area contributed by atoms with Crippen LogP contribution in [-0.2, 0) is 10.0 Å². The van der Waals surface area contributed by atoms with Gasteiger partial charge in [0.25, 0.3) is 15.9 Å². The Kier molecular flexibility index (Phi) is 7.47. The summed E-state index contributed by atoms with van der Waals surface area (Å²) >= 11 is 1.28. The quantitative estimate of drug-likeness (QED) is 0.457. The van der Waals surface area contributed by atoms with Crippen molar-refractivity contribution < 1.29 is 13.2 Å². The molecule has 1 amide bonds. The van der Waals surface area contributed by atoms with Crippen molar-refractivity contribution in [2.75, 3.05) is 38.1 Å². The molecule has 33 heavy (non-hydrogen) atoms. The number of hydrogen-bond donors (Lipinski definition) is 1. The number of nitrogens with one attached hydrogen (secondary N) is 1. The van der Waals surface area contributed by atoms with Crippen LogP contribution in [0.15, 0.2) is 70.9 Å². The van der Waals surface area contributed by atoms with Crippen LogP contribution in [0.5, 0.6) is 0 Å². The molecular formula is C25H29N3O3S2. The zero-order chi connectivity index (χ0) is 23.3. The second-order valence-electron chi connectivity index (χ2n) is 8.17. The number of thiophene rings is 1. The number of rotatable bonds is 9. The number of hydrogen-bond acceptors (Lipinski definition) is 5. The zero-order valence-electron chi connectivity index (χ0n) is 18.7. The number of anilines is 1. The van der Waals surface area contributed by atoms with Crippen molar-refractivity contribution in [1.82, 2.24) is 9.62 Å². The second kappa shape index (κ2) is 10.5. The van der Waals surface area contributed by atoms with E-state index >= 15 is 0 Å². The Balaban J connectivity index is 1.30. The molecule has 0 atom stereocenters. The van der Waals surface area contributed by atoms with E-state index in [-0.39, 0.29) is 5.91 Å². The Hall–Kier alpha value is -2.68. The van der Waals surface area contributed by atoms with Crippen molar-refractivity contribution in [3.8, 4) is 10.4 Å². The summed E-state index contributed by atoms with van der Waals surface area (Å²) in [5, 5.41) is 2.97. The normalized spacial score (nSPS) is 14.3. The molecule has 8 heteroatoms. The van der Waals surface area contributed by atoms with E-state index < -0.39 is 10.0 Å². The number of para-hydroxylation sites is 1. The van der Waals surface area contributed by atoms with Crippen LogP contribution in [-0.4, -0.2) is 51.9 Å². The van der Waals surface area contributed by atoms with Gasteiger partial charge in [0.05, 0.1) is 0 Å². The zero-order valence-corrected chi connectivity index (χ0v) is 20.4. The number of benzene rings is 2. The van der Waals surface area contributed by atoms with Crippen LogP contribution in [0, 0.1) is 0 Å². The Labute approximate surface area is 199 Å². The average Bonchev–Trinajstić information content (AvgIpc) is 3.56. The number of sulfonamides is 1. The van der Waals surface area contributed by atoms with Gasteiger partial charge < -0.3 is 10.2 Å². The van der Waals surface area contributed by atoms with Crippen molar-refractivity contribution in [2.24, 2.45) is 0 Å². The van der Waals surface area contributed by atoms with Crippen molar-refractivity contribution in [2.45, 2.75) is 23.5 Å². The monoisotopic (exact) mass is 483 g/mol. The van der Waals surface area contributed by atoms with Gasteiger partial charge in [-0.15, -0.1) is 11.3 Å². The molecule has 0 spiro atoms. The third-order valence-electron chi connectivity index (χ3n) is 5.82. The van der Waals surface area contributed by atoms with Crippen LogP contribution in [0.4, 0.5) is 5.69 Å². The molecule has 3 aromatic rings. The molecule has 2 aromatic carbocycles. The molecule has 0 unspecified atom stereocenters. The standard InChI is InChI=1S/C25H29N3O3S2/c1-27(22-8-3-2-4-9-22)17-7-16-26-25(29)21-12-10-20(11-13-21)23-14-15-24(32-23)33(30,31)28-18-5-6-19-28/h2-4,8-15H,5-7,16-19H2,1H3,(H,26,29). The maximum Gasteiger partial charge on any atom is 0.252 e. The van der Waals surface area contributed by atoms with Crippen LogP contribution >= 0.6 is 11.3 Å². The molecule has 1 aromatic heterocycles. The van der Waals surface area contributed by atoms with Crippen molar-refractivity contribution in [1.29, 1.82) is 0 Å². The van der Waals surface area contributed by atoms with Gasteiger partial charge in [-0.3, -0.25) is 4.79 Å². The van der Waals surface area contributed by atoms with Crippen molar-refractivity contribution in [3.05, 3.63) is 72.3 Å². The van der Waals surface area contributed by atoms with E-state index in [1.165, 1.54) is 11.3 Å². The van der Waals surface area contributed by atoms with Gasteiger partial charge in [-0.1, -0.05) is 30.3 Å². The first-order chi connectivity index (χ1) is 15.9.